The number of azo groups is 1. The zero-order chi connectivity index (χ0) is 17.2. The van der Waals surface area contributed by atoms with E-state index in [0.717, 1.165) is 27.4 Å². The smallest absolute Gasteiger partial charge is 0.218 e. The zero-order valence-electron chi connectivity index (χ0n) is 13.1. The number of para-hydroxylation sites is 1. The maximum absolute atomic E-state index is 10.0. The van der Waals surface area contributed by atoms with Gasteiger partial charge in [-0.1, -0.05) is 54.6 Å². The third-order valence-electron chi connectivity index (χ3n) is 3.93. The van der Waals surface area contributed by atoms with Gasteiger partial charge in [0, 0.05) is 16.5 Å². The SMILES string of the molecule is Oc1[nH]c2ccccc2c1N=NC(=S)Nc1cccc2ccccc12. The van der Waals surface area contributed by atoms with Crippen molar-refractivity contribution in [3.63, 3.8) is 0 Å². The van der Waals surface area contributed by atoms with E-state index in [2.05, 4.69) is 20.5 Å². The van der Waals surface area contributed by atoms with Gasteiger partial charge >= 0.3 is 0 Å². The molecule has 25 heavy (non-hydrogen) atoms. The Morgan fingerprint density at radius 2 is 1.64 bits per heavy atom. The average molecular weight is 346 g/mol. The van der Waals surface area contributed by atoms with Crippen LogP contribution in [0.2, 0.25) is 0 Å². The molecule has 3 N–H and O–H groups in total. The first-order valence-electron chi connectivity index (χ1n) is 7.72. The predicted molar refractivity (Wildman–Crippen MR) is 105 cm³/mol. The summed E-state index contributed by atoms with van der Waals surface area (Å²) in [6, 6.07) is 21.4. The van der Waals surface area contributed by atoms with Crippen molar-refractivity contribution in [3.8, 4) is 5.88 Å². The normalized spacial score (nSPS) is 11.4. The Morgan fingerprint density at radius 1 is 0.920 bits per heavy atom. The summed E-state index contributed by atoms with van der Waals surface area (Å²) in [5.74, 6) is -0.0297. The van der Waals surface area contributed by atoms with Crippen LogP contribution in [0.4, 0.5) is 11.4 Å². The third-order valence-corrected chi connectivity index (χ3v) is 4.12. The van der Waals surface area contributed by atoms with Gasteiger partial charge in [-0.25, -0.2) is 0 Å². The first-order chi connectivity index (χ1) is 12.2. The molecule has 0 saturated heterocycles. The van der Waals surface area contributed by atoms with Crippen LogP contribution in [0.5, 0.6) is 5.88 Å². The summed E-state index contributed by atoms with van der Waals surface area (Å²) in [5, 5.41) is 24.4. The Bertz CT molecular complexity index is 1110. The molecule has 3 aromatic carbocycles. The number of fused-ring (bicyclic) bond motifs is 2. The minimum absolute atomic E-state index is 0.0297. The van der Waals surface area contributed by atoms with Crippen molar-refractivity contribution in [2.45, 2.75) is 0 Å². The van der Waals surface area contributed by atoms with Gasteiger partial charge in [-0.3, -0.25) is 0 Å². The molecule has 4 aromatic rings. The molecule has 4 rings (SSSR count). The maximum atomic E-state index is 10.0. The summed E-state index contributed by atoms with van der Waals surface area (Å²) in [7, 11) is 0. The summed E-state index contributed by atoms with van der Waals surface area (Å²) >= 11 is 5.27. The van der Waals surface area contributed by atoms with E-state index in [0.29, 0.717) is 5.69 Å². The molecule has 1 heterocycles. The number of hydrogen-bond donors (Lipinski definition) is 3. The number of aromatic amines is 1. The van der Waals surface area contributed by atoms with Crippen LogP contribution in [0.15, 0.2) is 77.0 Å². The van der Waals surface area contributed by atoms with Crippen LogP contribution in [0.1, 0.15) is 0 Å². The standard InChI is InChI=1S/C19H14N4OS/c24-18-17(14-9-3-4-10-16(14)20-18)22-23-19(25)21-15-11-5-7-12-6-1-2-8-13(12)15/h1-11,20,24H,(H,21,25). The Labute approximate surface area is 149 Å². The van der Waals surface area contributed by atoms with Crippen molar-refractivity contribution in [1.82, 2.24) is 4.98 Å². The Morgan fingerprint density at radius 3 is 2.52 bits per heavy atom. The van der Waals surface area contributed by atoms with E-state index >= 15 is 0 Å². The van der Waals surface area contributed by atoms with Crippen molar-refractivity contribution in [1.29, 1.82) is 0 Å². The molecule has 0 bridgehead atoms. The highest BCUT2D eigenvalue weighted by Gasteiger charge is 2.10. The van der Waals surface area contributed by atoms with Crippen molar-refractivity contribution >= 4 is 50.4 Å². The molecule has 0 amide bonds. The number of H-pyrrole nitrogens is 1. The van der Waals surface area contributed by atoms with E-state index in [1.165, 1.54) is 0 Å². The number of aromatic hydroxyl groups is 1. The van der Waals surface area contributed by atoms with Gasteiger partial charge in [-0.15, -0.1) is 10.2 Å². The highest BCUT2D eigenvalue weighted by molar-refractivity contribution is 7.80. The first-order valence-corrected chi connectivity index (χ1v) is 8.13. The van der Waals surface area contributed by atoms with Crippen molar-refractivity contribution in [2.24, 2.45) is 10.2 Å². The van der Waals surface area contributed by atoms with Crippen LogP contribution in [0.25, 0.3) is 21.7 Å². The van der Waals surface area contributed by atoms with Gasteiger partial charge in [-0.05, 0) is 29.7 Å². The molecule has 0 unspecified atom stereocenters. The molecular formula is C19H14N4OS. The molecule has 0 radical (unpaired) electrons. The van der Waals surface area contributed by atoms with E-state index in [9.17, 15) is 5.11 Å². The van der Waals surface area contributed by atoms with Gasteiger partial charge in [0.1, 0.15) is 0 Å². The highest BCUT2D eigenvalue weighted by Crippen LogP contribution is 2.35. The molecule has 5 nitrogen and oxygen atoms in total. The van der Waals surface area contributed by atoms with Gasteiger partial charge in [0.25, 0.3) is 0 Å². The second-order valence-electron chi connectivity index (χ2n) is 5.52. The summed E-state index contributed by atoms with van der Waals surface area (Å²) in [6.07, 6.45) is 0. The topological polar surface area (TPSA) is 72.8 Å². The van der Waals surface area contributed by atoms with Crippen molar-refractivity contribution in [3.05, 3.63) is 66.7 Å². The number of hydrogen-bond acceptors (Lipinski definition) is 3. The number of rotatable bonds is 2. The lowest BCUT2D eigenvalue weighted by molar-refractivity contribution is 0.459. The molecule has 0 saturated carbocycles. The van der Waals surface area contributed by atoms with E-state index in [1.54, 1.807) is 0 Å². The number of anilines is 1. The lowest BCUT2D eigenvalue weighted by Crippen LogP contribution is -2.05. The van der Waals surface area contributed by atoms with Crippen LogP contribution in [-0.2, 0) is 0 Å². The van der Waals surface area contributed by atoms with Gasteiger partial charge in [0.05, 0.1) is 5.52 Å². The molecule has 0 aliphatic rings. The van der Waals surface area contributed by atoms with Gasteiger partial charge in [-0.2, -0.15) is 0 Å². The maximum Gasteiger partial charge on any atom is 0.218 e. The van der Waals surface area contributed by atoms with Crippen LogP contribution >= 0.6 is 12.2 Å². The summed E-state index contributed by atoms with van der Waals surface area (Å²) in [4.78, 5) is 2.86. The molecule has 0 fully saturated rings. The molecule has 122 valence electrons. The lowest BCUT2D eigenvalue weighted by atomic mass is 10.1. The van der Waals surface area contributed by atoms with E-state index in [1.807, 2.05) is 66.7 Å². The number of aromatic nitrogens is 1. The third kappa shape index (κ3) is 2.95. The van der Waals surface area contributed by atoms with Crippen molar-refractivity contribution in [2.75, 3.05) is 5.32 Å². The minimum Gasteiger partial charge on any atom is -0.493 e. The van der Waals surface area contributed by atoms with E-state index in [-0.39, 0.29) is 11.0 Å². The molecule has 0 spiro atoms. The number of nitrogens with zero attached hydrogens (tertiary/aromatic N) is 2. The van der Waals surface area contributed by atoms with Crippen LogP contribution in [0.3, 0.4) is 0 Å². The van der Waals surface area contributed by atoms with Crippen LogP contribution in [0, 0.1) is 0 Å². The fourth-order valence-electron chi connectivity index (χ4n) is 2.78. The van der Waals surface area contributed by atoms with Crippen molar-refractivity contribution < 1.29 is 5.11 Å². The molecule has 6 heteroatoms. The van der Waals surface area contributed by atoms with Gasteiger partial charge < -0.3 is 15.4 Å². The Hall–Kier alpha value is -3.25. The fourth-order valence-corrected chi connectivity index (χ4v) is 2.93. The average Bonchev–Trinajstić information content (AvgIpc) is 2.95. The van der Waals surface area contributed by atoms with Gasteiger partial charge in [0.2, 0.25) is 11.0 Å². The van der Waals surface area contributed by atoms with Crippen LogP contribution < -0.4 is 5.32 Å². The van der Waals surface area contributed by atoms with Gasteiger partial charge in [0.15, 0.2) is 5.69 Å². The molecule has 0 atom stereocenters. The number of benzene rings is 3. The van der Waals surface area contributed by atoms with E-state index < -0.39 is 0 Å². The molecule has 0 aliphatic carbocycles. The Kier molecular flexibility index (Phi) is 3.87. The lowest BCUT2D eigenvalue weighted by Gasteiger charge is -2.07. The minimum atomic E-state index is -0.0297. The molecule has 0 aliphatic heterocycles. The van der Waals surface area contributed by atoms with E-state index in [4.69, 9.17) is 12.2 Å². The zero-order valence-corrected chi connectivity index (χ0v) is 13.9. The quantitative estimate of drug-likeness (QED) is 0.331. The Balaban J connectivity index is 1.61. The first kappa shape index (κ1) is 15.3. The summed E-state index contributed by atoms with van der Waals surface area (Å²) < 4.78 is 0. The highest BCUT2D eigenvalue weighted by atomic mass is 32.1. The second kappa shape index (κ2) is 6.33. The second-order valence-corrected chi connectivity index (χ2v) is 5.91. The fraction of sp³-hybridized carbons (Fsp3) is 0. The van der Waals surface area contributed by atoms with Crippen LogP contribution in [-0.4, -0.2) is 15.2 Å². The monoisotopic (exact) mass is 346 g/mol. The predicted octanol–water partition coefficient (Wildman–Crippen LogP) is 5.51. The number of thiocarbonyl (C=S) groups is 1. The summed E-state index contributed by atoms with van der Waals surface area (Å²) in [5.41, 5.74) is 2.03. The summed E-state index contributed by atoms with van der Waals surface area (Å²) in [6.45, 7) is 0. The molecular weight excluding hydrogens is 332 g/mol. The molecule has 1 aromatic heterocycles. The number of nitrogens with one attached hydrogen (secondary N) is 2. The largest absolute Gasteiger partial charge is 0.493 e.